The van der Waals surface area contributed by atoms with Crippen molar-refractivity contribution in [2.75, 3.05) is 6.54 Å². The Bertz CT molecular complexity index is 1280. The largest absolute Gasteiger partial charge is 0.344 e. The number of hydrogen-bond acceptors (Lipinski definition) is 4. The van der Waals surface area contributed by atoms with E-state index >= 15 is 0 Å². The molecule has 4 aliphatic rings. The smallest absolute Gasteiger partial charge is 0.248 e. The zero-order valence-electron chi connectivity index (χ0n) is 21.8. The Morgan fingerprint density at radius 3 is 2.49 bits per heavy atom. The van der Waals surface area contributed by atoms with E-state index in [0.29, 0.717) is 36.6 Å². The van der Waals surface area contributed by atoms with Gasteiger partial charge in [-0.15, -0.1) is 0 Å². The van der Waals surface area contributed by atoms with Crippen LogP contribution in [0.4, 0.5) is 13.2 Å². The number of nitrogens with one attached hydrogen (secondary N) is 3. The van der Waals surface area contributed by atoms with Crippen molar-refractivity contribution in [3.63, 3.8) is 0 Å². The van der Waals surface area contributed by atoms with Gasteiger partial charge < -0.3 is 20.5 Å². The summed E-state index contributed by atoms with van der Waals surface area (Å²) in [4.78, 5) is 49.4. The number of amides is 3. The summed E-state index contributed by atoms with van der Waals surface area (Å²) in [7, 11) is 0. The summed E-state index contributed by atoms with van der Waals surface area (Å²) in [6.45, 7) is 0.633. The van der Waals surface area contributed by atoms with Gasteiger partial charge in [0.15, 0.2) is 5.82 Å². The molecule has 1 aliphatic heterocycles. The highest BCUT2D eigenvalue weighted by Crippen LogP contribution is 2.45. The van der Waals surface area contributed by atoms with Crippen LogP contribution in [0.5, 0.6) is 0 Å². The van der Waals surface area contributed by atoms with E-state index in [4.69, 9.17) is 0 Å². The summed E-state index contributed by atoms with van der Waals surface area (Å²) >= 11 is 0. The van der Waals surface area contributed by atoms with Gasteiger partial charge in [-0.25, -0.2) is 18.2 Å². The number of alkyl halides is 2. The van der Waals surface area contributed by atoms with Crippen LogP contribution in [0.15, 0.2) is 18.2 Å². The molecule has 2 atom stereocenters. The number of carbonyl (C=O) groups is 3. The second kappa shape index (κ2) is 9.82. The summed E-state index contributed by atoms with van der Waals surface area (Å²) in [6, 6.07) is 3.62. The molecule has 1 unspecified atom stereocenters. The van der Waals surface area contributed by atoms with E-state index < -0.39 is 41.1 Å². The first kappa shape index (κ1) is 26.1. The predicted molar refractivity (Wildman–Crippen MR) is 136 cm³/mol. The minimum absolute atomic E-state index is 0.0332. The number of likely N-dealkylation sites (tertiary alicyclic amines) is 1. The molecule has 0 radical (unpaired) electrons. The molecule has 1 aromatic carbocycles. The normalized spacial score (nSPS) is 24.9. The van der Waals surface area contributed by atoms with Gasteiger partial charge in [-0.2, -0.15) is 0 Å². The minimum Gasteiger partial charge on any atom is -0.344 e. The topological polar surface area (TPSA) is 107 Å². The third-order valence-corrected chi connectivity index (χ3v) is 8.91. The lowest BCUT2D eigenvalue weighted by Gasteiger charge is -2.30. The van der Waals surface area contributed by atoms with Gasteiger partial charge in [0.1, 0.15) is 17.4 Å². The molecule has 210 valence electrons. The Kier molecular flexibility index (Phi) is 6.58. The SMILES string of the molecule is O=C(N[C@@H](CC(=O)N1CCCC1C1CC1)C(=O)NC1(c2nc3c(F)cccc3[nH]2)CC1)C1CCC(F)(F)CC1. The number of para-hydroxylation sites is 1. The molecule has 6 rings (SSSR count). The molecule has 11 heteroatoms. The van der Waals surface area contributed by atoms with Gasteiger partial charge in [0.05, 0.1) is 17.5 Å². The first-order valence-electron chi connectivity index (χ1n) is 14.1. The Labute approximate surface area is 224 Å². The molecule has 39 heavy (non-hydrogen) atoms. The van der Waals surface area contributed by atoms with Gasteiger partial charge in [0.2, 0.25) is 23.6 Å². The maximum Gasteiger partial charge on any atom is 0.248 e. The summed E-state index contributed by atoms with van der Waals surface area (Å²) < 4.78 is 41.6. The van der Waals surface area contributed by atoms with Gasteiger partial charge in [0, 0.05) is 31.3 Å². The molecule has 2 heterocycles. The molecule has 8 nitrogen and oxygen atoms in total. The fraction of sp³-hybridized carbons (Fsp3) is 0.643. The number of aromatic amines is 1. The van der Waals surface area contributed by atoms with Gasteiger partial charge in [0.25, 0.3) is 0 Å². The van der Waals surface area contributed by atoms with Crippen LogP contribution in [-0.2, 0) is 19.9 Å². The third-order valence-electron chi connectivity index (χ3n) is 8.91. The molecular weight excluding hydrogens is 511 g/mol. The van der Waals surface area contributed by atoms with E-state index in [1.54, 1.807) is 12.1 Å². The van der Waals surface area contributed by atoms with Gasteiger partial charge in [-0.05, 0) is 69.4 Å². The number of fused-ring (bicyclic) bond motifs is 1. The minimum atomic E-state index is -2.78. The molecule has 0 spiro atoms. The number of rotatable bonds is 8. The lowest BCUT2D eigenvalue weighted by atomic mass is 9.86. The first-order chi connectivity index (χ1) is 18.6. The van der Waals surface area contributed by atoms with Crippen LogP contribution in [-0.4, -0.2) is 57.1 Å². The number of aromatic nitrogens is 2. The molecular formula is C28H34F3N5O3. The number of nitrogens with zero attached hydrogens (tertiary/aromatic N) is 2. The van der Waals surface area contributed by atoms with E-state index in [1.165, 1.54) is 6.07 Å². The summed E-state index contributed by atoms with van der Waals surface area (Å²) in [5.41, 5.74) is -0.145. The van der Waals surface area contributed by atoms with Gasteiger partial charge >= 0.3 is 0 Å². The monoisotopic (exact) mass is 545 g/mol. The zero-order chi connectivity index (χ0) is 27.4. The standard InChI is InChI=1S/C28H34F3N5O3/c29-18-3-1-4-19-23(18)34-26(33-19)27(12-13-27)35-25(39)20(32-24(38)17-8-10-28(30,31)11-9-17)15-22(37)36-14-2-5-21(36)16-6-7-16/h1,3-4,16-17,20-21H,2,5-15H2,(H,32,38)(H,33,34)(H,35,39)/t20-,21?/m0/s1. The van der Waals surface area contributed by atoms with E-state index in [1.807, 2.05) is 4.90 Å². The van der Waals surface area contributed by atoms with Gasteiger partial charge in [-0.3, -0.25) is 14.4 Å². The average molecular weight is 546 g/mol. The van der Waals surface area contributed by atoms with Crippen molar-refractivity contribution in [1.82, 2.24) is 25.5 Å². The van der Waals surface area contributed by atoms with Crippen molar-refractivity contribution in [2.45, 2.75) is 94.2 Å². The Hall–Kier alpha value is -3.11. The molecule has 1 saturated heterocycles. The highest BCUT2D eigenvalue weighted by molar-refractivity contribution is 5.93. The molecule has 4 fully saturated rings. The van der Waals surface area contributed by atoms with Gasteiger partial charge in [-0.1, -0.05) is 6.07 Å². The van der Waals surface area contributed by atoms with Crippen molar-refractivity contribution >= 4 is 28.8 Å². The van der Waals surface area contributed by atoms with Crippen LogP contribution < -0.4 is 10.6 Å². The molecule has 0 bridgehead atoms. The van der Waals surface area contributed by atoms with Crippen LogP contribution in [0.2, 0.25) is 0 Å². The predicted octanol–water partition coefficient (Wildman–Crippen LogP) is 3.91. The average Bonchev–Trinajstić information content (AvgIpc) is 3.79. The second-order valence-corrected chi connectivity index (χ2v) is 11.8. The van der Waals surface area contributed by atoms with Crippen LogP contribution in [0, 0.1) is 17.7 Å². The van der Waals surface area contributed by atoms with Crippen LogP contribution in [0.1, 0.15) is 76.5 Å². The number of carbonyl (C=O) groups excluding carboxylic acids is 3. The molecule has 3 amide bonds. The highest BCUT2D eigenvalue weighted by Gasteiger charge is 2.50. The quantitative estimate of drug-likeness (QED) is 0.468. The maximum atomic E-state index is 14.2. The molecule has 3 N–H and O–H groups in total. The highest BCUT2D eigenvalue weighted by atomic mass is 19.3. The molecule has 3 aliphatic carbocycles. The fourth-order valence-electron chi connectivity index (χ4n) is 6.26. The molecule has 3 saturated carbocycles. The van der Waals surface area contributed by atoms with E-state index in [0.717, 1.165) is 25.7 Å². The number of halogens is 3. The van der Waals surface area contributed by atoms with Crippen molar-refractivity contribution in [2.24, 2.45) is 11.8 Å². The Balaban J connectivity index is 1.19. The summed E-state index contributed by atoms with van der Waals surface area (Å²) in [6.07, 6.45) is 4.33. The van der Waals surface area contributed by atoms with E-state index in [-0.39, 0.29) is 49.6 Å². The van der Waals surface area contributed by atoms with Crippen LogP contribution in [0.25, 0.3) is 11.0 Å². The number of hydrogen-bond donors (Lipinski definition) is 3. The molecule has 2 aromatic rings. The van der Waals surface area contributed by atoms with Crippen molar-refractivity contribution in [1.29, 1.82) is 0 Å². The van der Waals surface area contributed by atoms with E-state index in [2.05, 4.69) is 20.6 Å². The number of benzene rings is 1. The third kappa shape index (κ3) is 5.36. The Morgan fingerprint density at radius 1 is 1.08 bits per heavy atom. The summed E-state index contributed by atoms with van der Waals surface area (Å²) in [5.74, 6) is -4.14. The zero-order valence-corrected chi connectivity index (χ0v) is 21.8. The Morgan fingerprint density at radius 2 is 1.82 bits per heavy atom. The lowest BCUT2D eigenvalue weighted by Crippen LogP contribution is -2.53. The number of imidazole rings is 1. The second-order valence-electron chi connectivity index (χ2n) is 11.8. The number of H-pyrrole nitrogens is 1. The fourth-order valence-corrected chi connectivity index (χ4v) is 6.26. The van der Waals surface area contributed by atoms with Crippen molar-refractivity contribution in [3.8, 4) is 0 Å². The first-order valence-corrected chi connectivity index (χ1v) is 14.1. The summed E-state index contributed by atoms with van der Waals surface area (Å²) in [5, 5.41) is 5.70. The van der Waals surface area contributed by atoms with Crippen LogP contribution >= 0.6 is 0 Å². The van der Waals surface area contributed by atoms with E-state index in [9.17, 15) is 27.6 Å². The van der Waals surface area contributed by atoms with Crippen LogP contribution in [0.3, 0.4) is 0 Å². The maximum absolute atomic E-state index is 14.2. The van der Waals surface area contributed by atoms with Crippen molar-refractivity contribution < 1.29 is 27.6 Å². The lowest BCUT2D eigenvalue weighted by molar-refractivity contribution is -0.138. The molecule has 1 aromatic heterocycles. The van der Waals surface area contributed by atoms with Crippen molar-refractivity contribution in [3.05, 3.63) is 29.8 Å².